The maximum Gasteiger partial charge on any atom is 0.436 e. The van der Waals surface area contributed by atoms with Crippen molar-refractivity contribution in [3.8, 4) is 0 Å². The highest BCUT2D eigenvalue weighted by Gasteiger charge is 2.57. The van der Waals surface area contributed by atoms with Gasteiger partial charge < -0.3 is 15.9 Å². The van der Waals surface area contributed by atoms with Crippen molar-refractivity contribution in [3.63, 3.8) is 0 Å². The summed E-state index contributed by atoms with van der Waals surface area (Å²) in [7, 11) is 1.48. The minimum Gasteiger partial charge on any atom is -0.401 e. The summed E-state index contributed by atoms with van der Waals surface area (Å²) < 4.78 is 34.4. The molecule has 2 aliphatic rings. The molecule has 6 nitrogen and oxygen atoms in total. The first-order chi connectivity index (χ1) is 12.8. The number of halogens is 2. The van der Waals surface area contributed by atoms with Crippen LogP contribution in [0, 0.1) is 17.6 Å². The lowest BCUT2D eigenvalue weighted by Gasteiger charge is -2.25. The number of benzene rings is 1. The fourth-order valence-corrected chi connectivity index (χ4v) is 4.15. The van der Waals surface area contributed by atoms with Gasteiger partial charge in [-0.05, 0) is 42.2 Å². The maximum absolute atomic E-state index is 14.0. The van der Waals surface area contributed by atoms with E-state index in [4.69, 9.17) is 15.9 Å². The molecule has 2 aliphatic carbocycles. The van der Waals surface area contributed by atoms with Crippen LogP contribution in [0.2, 0.25) is 0 Å². The monoisotopic (exact) mass is 372 g/mol. The molecule has 1 fully saturated rings. The minimum atomic E-state index is -0.898. The lowest BCUT2D eigenvalue weighted by Crippen LogP contribution is -2.30. The fourth-order valence-electron chi connectivity index (χ4n) is 4.15. The van der Waals surface area contributed by atoms with Gasteiger partial charge in [-0.15, -0.1) is 5.10 Å². The molecular weight excluding hydrogens is 354 g/mol. The van der Waals surface area contributed by atoms with E-state index in [9.17, 15) is 13.6 Å². The van der Waals surface area contributed by atoms with Crippen molar-refractivity contribution in [3.05, 3.63) is 81.3 Å². The molecule has 2 bridgehead atoms. The number of aromatic nitrogens is 2. The quantitative estimate of drug-likeness (QED) is 0.804. The van der Waals surface area contributed by atoms with Crippen LogP contribution in [-0.2, 0) is 12.5 Å². The molecule has 0 amide bonds. The van der Waals surface area contributed by atoms with E-state index in [1.807, 2.05) is 0 Å². The highest BCUT2D eigenvalue weighted by molar-refractivity contribution is 5.70. The molecule has 4 N–H and O–H groups in total. The molecule has 2 atom stereocenters. The molecule has 27 heavy (non-hydrogen) atoms. The average Bonchev–Trinajstić information content (AvgIpc) is 3.18. The molecule has 0 spiro atoms. The molecule has 2 aromatic rings. The summed E-state index contributed by atoms with van der Waals surface area (Å²) in [5.74, 6) is -2.07. The predicted molar refractivity (Wildman–Crippen MR) is 95.0 cm³/mol. The van der Waals surface area contributed by atoms with Crippen molar-refractivity contribution < 1.29 is 13.2 Å². The second kappa shape index (κ2) is 5.67. The van der Waals surface area contributed by atoms with Crippen molar-refractivity contribution in [2.45, 2.75) is 18.3 Å². The number of fused-ring (bicyclic) bond motifs is 2. The Kier molecular flexibility index (Phi) is 3.62. The Labute approximate surface area is 153 Å². The minimum absolute atomic E-state index is 0.0680. The Hall–Kier alpha value is -3.16. The zero-order valence-electron chi connectivity index (χ0n) is 14.6. The molecule has 0 aliphatic heterocycles. The summed E-state index contributed by atoms with van der Waals surface area (Å²) in [4.78, 5) is 11.7. The van der Waals surface area contributed by atoms with Gasteiger partial charge in [0.15, 0.2) is 0 Å². The van der Waals surface area contributed by atoms with Gasteiger partial charge in [0.2, 0.25) is 5.89 Å². The van der Waals surface area contributed by atoms with Crippen LogP contribution in [0.3, 0.4) is 0 Å². The van der Waals surface area contributed by atoms with E-state index in [-0.39, 0.29) is 23.1 Å². The van der Waals surface area contributed by atoms with Crippen LogP contribution >= 0.6 is 0 Å². The van der Waals surface area contributed by atoms with Crippen LogP contribution in [0.4, 0.5) is 8.78 Å². The number of nitrogens with zero attached hydrogens (tertiary/aromatic N) is 2. The Bertz CT molecular complexity index is 1080. The Morgan fingerprint density at radius 1 is 1.44 bits per heavy atom. The first-order valence-electron chi connectivity index (χ1n) is 8.43. The van der Waals surface area contributed by atoms with Gasteiger partial charge in [0.1, 0.15) is 17.0 Å². The Morgan fingerprint density at radius 3 is 2.70 bits per heavy atom. The molecule has 0 radical (unpaired) electrons. The van der Waals surface area contributed by atoms with Gasteiger partial charge in [-0.3, -0.25) is 0 Å². The summed E-state index contributed by atoms with van der Waals surface area (Å²) >= 11 is 0. The zero-order valence-corrected chi connectivity index (χ0v) is 14.6. The van der Waals surface area contributed by atoms with E-state index < -0.39 is 22.8 Å². The molecule has 0 unspecified atom stereocenters. The number of aryl methyl sites for hydroxylation is 1. The molecule has 1 heterocycles. The largest absolute Gasteiger partial charge is 0.436 e. The van der Waals surface area contributed by atoms with Crippen LogP contribution in [0.25, 0.3) is 5.70 Å². The third-order valence-corrected chi connectivity index (χ3v) is 5.54. The number of hydrogen-bond donors (Lipinski definition) is 2. The topological polar surface area (TPSA) is 100 Å². The van der Waals surface area contributed by atoms with E-state index >= 15 is 0 Å². The van der Waals surface area contributed by atoms with Gasteiger partial charge in [0.05, 0.1) is 5.56 Å². The highest BCUT2D eigenvalue weighted by atomic mass is 19.1. The molecule has 4 rings (SSSR count). The Morgan fingerprint density at radius 2 is 2.11 bits per heavy atom. The van der Waals surface area contributed by atoms with E-state index in [0.29, 0.717) is 24.1 Å². The highest BCUT2D eigenvalue weighted by Crippen LogP contribution is 2.59. The summed E-state index contributed by atoms with van der Waals surface area (Å²) in [6, 6.07) is 3.55. The molecule has 8 heteroatoms. The van der Waals surface area contributed by atoms with E-state index in [1.54, 1.807) is 0 Å². The maximum atomic E-state index is 14.0. The molecule has 0 saturated heterocycles. The third-order valence-electron chi connectivity index (χ3n) is 5.54. The van der Waals surface area contributed by atoms with Gasteiger partial charge in [0.25, 0.3) is 0 Å². The number of hydrogen-bond acceptors (Lipinski definition) is 5. The first-order valence-corrected chi connectivity index (χ1v) is 8.43. The molecule has 1 aromatic heterocycles. The smallest absolute Gasteiger partial charge is 0.401 e. The number of rotatable bonds is 3. The molecule has 1 saturated carbocycles. The number of nitrogens with two attached hydrogens (primary N) is 2. The number of allylic oxidation sites excluding steroid dienone is 3. The predicted octanol–water partition coefficient (Wildman–Crippen LogP) is 2.08. The van der Waals surface area contributed by atoms with Crippen molar-refractivity contribution in [1.29, 1.82) is 0 Å². The SMILES string of the molecule is C=C1[C@@H]2CC[C@@]1(c1nn(C)c(=O)o1)C(N)=C2/C=C(\N)c1c(F)cccc1F. The molecular formula is C19H18F2N4O2. The molecule has 1 aromatic carbocycles. The van der Waals surface area contributed by atoms with Crippen LogP contribution in [0.15, 0.2) is 56.9 Å². The summed E-state index contributed by atoms with van der Waals surface area (Å²) in [5, 5.41) is 4.15. The molecule has 140 valence electrons. The van der Waals surface area contributed by atoms with E-state index in [0.717, 1.165) is 22.4 Å². The van der Waals surface area contributed by atoms with E-state index in [1.165, 1.54) is 19.2 Å². The third kappa shape index (κ3) is 2.22. The fraction of sp³-hybridized carbons (Fsp3) is 0.263. The van der Waals surface area contributed by atoms with Gasteiger partial charge in [0, 0.05) is 24.4 Å². The summed E-state index contributed by atoms with van der Waals surface area (Å²) in [6.07, 6.45) is 2.76. The lowest BCUT2D eigenvalue weighted by atomic mass is 9.81. The average molecular weight is 372 g/mol. The van der Waals surface area contributed by atoms with Crippen LogP contribution in [0.5, 0.6) is 0 Å². The van der Waals surface area contributed by atoms with Crippen LogP contribution in [-0.4, -0.2) is 9.78 Å². The van der Waals surface area contributed by atoms with Crippen LogP contribution in [0.1, 0.15) is 24.3 Å². The van der Waals surface area contributed by atoms with Gasteiger partial charge >= 0.3 is 5.76 Å². The van der Waals surface area contributed by atoms with Crippen LogP contribution < -0.4 is 17.2 Å². The van der Waals surface area contributed by atoms with E-state index in [2.05, 4.69) is 11.7 Å². The lowest BCUT2D eigenvalue weighted by molar-refractivity contribution is 0.385. The second-order valence-corrected chi connectivity index (χ2v) is 6.88. The standard InChI is InChI=1S/C19H18F2N4O2/c1-9-10-6-7-19(9,17-24-25(2)18(26)27-17)16(23)11(10)8-14(22)15-12(20)4-3-5-13(15)21/h3-5,8,10H,1,6-7,22-23H2,2H3/b14-8-/t10-,19-/m0/s1. The summed E-state index contributed by atoms with van der Waals surface area (Å²) in [6.45, 7) is 4.13. The van der Waals surface area contributed by atoms with Gasteiger partial charge in [-0.2, -0.15) is 4.68 Å². The first kappa shape index (κ1) is 17.3. The summed E-state index contributed by atoms with van der Waals surface area (Å²) in [5.41, 5.74) is 12.9. The van der Waals surface area contributed by atoms with Crippen molar-refractivity contribution >= 4 is 5.70 Å². The van der Waals surface area contributed by atoms with Crippen molar-refractivity contribution in [2.24, 2.45) is 24.4 Å². The zero-order chi connectivity index (χ0) is 19.5. The van der Waals surface area contributed by atoms with Crippen molar-refractivity contribution in [1.82, 2.24) is 9.78 Å². The normalized spacial score (nSPS) is 24.9. The second-order valence-electron chi connectivity index (χ2n) is 6.88. The van der Waals surface area contributed by atoms with Gasteiger partial charge in [-0.25, -0.2) is 13.6 Å². The Balaban J connectivity index is 1.86. The van der Waals surface area contributed by atoms with Gasteiger partial charge in [-0.1, -0.05) is 12.6 Å². The van der Waals surface area contributed by atoms with Crippen molar-refractivity contribution in [2.75, 3.05) is 0 Å².